The molecule has 5 heteroatoms. The molecule has 0 spiro atoms. The lowest BCUT2D eigenvalue weighted by molar-refractivity contribution is -0.136. The molecule has 5 nitrogen and oxygen atoms in total. The Bertz CT molecular complexity index is 712. The average Bonchev–Trinajstić information content (AvgIpc) is 2.94. The second-order valence-corrected chi connectivity index (χ2v) is 3.99. The fourth-order valence-electron chi connectivity index (χ4n) is 1.93. The molecule has 2 N–H and O–H groups in total. The first-order chi connectivity index (χ1) is 8.74. The summed E-state index contributed by atoms with van der Waals surface area (Å²) >= 11 is 0. The zero-order valence-corrected chi connectivity index (χ0v) is 9.38. The predicted molar refractivity (Wildman–Crippen MR) is 65.1 cm³/mol. The highest BCUT2D eigenvalue weighted by Gasteiger charge is 2.12. The second-order valence-electron chi connectivity index (χ2n) is 3.99. The quantitative estimate of drug-likeness (QED) is 0.739. The highest BCUT2D eigenvalue weighted by molar-refractivity contribution is 5.92. The molecular weight excluding hydrogens is 232 g/mol. The van der Waals surface area contributed by atoms with Gasteiger partial charge in [0.2, 0.25) is 0 Å². The van der Waals surface area contributed by atoms with E-state index in [0.29, 0.717) is 11.4 Å². The number of fused-ring (bicyclic) bond motifs is 1. The van der Waals surface area contributed by atoms with Crippen molar-refractivity contribution >= 4 is 16.9 Å². The van der Waals surface area contributed by atoms with Crippen LogP contribution in [-0.2, 0) is 11.2 Å². The number of nitrogens with one attached hydrogen (secondary N) is 1. The number of aliphatic carboxylic acids is 1. The highest BCUT2D eigenvalue weighted by Crippen LogP contribution is 2.29. The van der Waals surface area contributed by atoms with E-state index in [4.69, 9.17) is 9.52 Å². The number of nitrogens with zero attached hydrogens (tertiary/aromatic N) is 1. The van der Waals surface area contributed by atoms with Crippen LogP contribution in [0.25, 0.3) is 22.2 Å². The van der Waals surface area contributed by atoms with Gasteiger partial charge in [-0.2, -0.15) is 5.10 Å². The molecular formula is C13H10N2O3. The molecule has 0 radical (unpaired) electrons. The predicted octanol–water partition coefficient (Wildman–Crippen LogP) is 2.45. The first-order valence-corrected chi connectivity index (χ1v) is 5.47. The van der Waals surface area contributed by atoms with Gasteiger partial charge in [0.1, 0.15) is 11.8 Å². The monoisotopic (exact) mass is 242 g/mol. The Morgan fingerprint density at radius 2 is 2.22 bits per heavy atom. The maximum atomic E-state index is 10.6. The van der Waals surface area contributed by atoms with Crippen LogP contribution in [0, 0.1) is 0 Å². The first kappa shape index (κ1) is 10.6. The van der Waals surface area contributed by atoms with Crippen molar-refractivity contribution in [2.24, 2.45) is 0 Å². The van der Waals surface area contributed by atoms with Gasteiger partial charge in [0, 0.05) is 16.6 Å². The number of hydrogen-bond donors (Lipinski definition) is 2. The molecule has 0 unspecified atom stereocenters. The van der Waals surface area contributed by atoms with E-state index in [1.54, 1.807) is 12.3 Å². The molecule has 90 valence electrons. The summed E-state index contributed by atoms with van der Waals surface area (Å²) < 4.78 is 5.42. The normalized spacial score (nSPS) is 10.9. The summed E-state index contributed by atoms with van der Waals surface area (Å²) in [7, 11) is 0. The Morgan fingerprint density at radius 1 is 1.39 bits per heavy atom. The summed E-state index contributed by atoms with van der Waals surface area (Å²) in [6.45, 7) is 0. The summed E-state index contributed by atoms with van der Waals surface area (Å²) in [4.78, 5) is 10.6. The lowest BCUT2D eigenvalue weighted by atomic mass is 10.1. The summed E-state index contributed by atoms with van der Waals surface area (Å²) in [5, 5.41) is 16.5. The summed E-state index contributed by atoms with van der Waals surface area (Å²) in [5.41, 5.74) is 2.91. The van der Waals surface area contributed by atoms with Crippen LogP contribution in [0.4, 0.5) is 0 Å². The summed E-state index contributed by atoms with van der Waals surface area (Å²) in [5.74, 6) is -0.887. The maximum absolute atomic E-state index is 10.6. The van der Waals surface area contributed by atoms with Gasteiger partial charge in [-0.1, -0.05) is 18.2 Å². The molecule has 0 bridgehead atoms. The van der Waals surface area contributed by atoms with Crippen LogP contribution in [0.15, 0.2) is 41.0 Å². The van der Waals surface area contributed by atoms with Crippen molar-refractivity contribution in [3.05, 3.63) is 42.3 Å². The molecule has 1 aromatic carbocycles. The molecule has 0 saturated carbocycles. The van der Waals surface area contributed by atoms with Gasteiger partial charge in [0.25, 0.3) is 0 Å². The van der Waals surface area contributed by atoms with E-state index < -0.39 is 5.97 Å². The Hall–Kier alpha value is -2.56. The minimum Gasteiger partial charge on any atom is -0.481 e. The van der Waals surface area contributed by atoms with Crippen LogP contribution in [0.2, 0.25) is 0 Å². The zero-order valence-electron chi connectivity index (χ0n) is 9.38. The number of carbonyl (C=O) groups is 1. The average molecular weight is 242 g/mol. The summed E-state index contributed by atoms with van der Waals surface area (Å²) in [6, 6.07) is 9.37. The third-order valence-corrected chi connectivity index (χ3v) is 2.73. The van der Waals surface area contributed by atoms with E-state index in [1.807, 2.05) is 24.3 Å². The van der Waals surface area contributed by atoms with E-state index in [2.05, 4.69) is 10.2 Å². The van der Waals surface area contributed by atoms with Crippen molar-refractivity contribution in [2.45, 2.75) is 6.42 Å². The molecule has 0 fully saturated rings. The van der Waals surface area contributed by atoms with Gasteiger partial charge in [0.15, 0.2) is 0 Å². The third-order valence-electron chi connectivity index (χ3n) is 2.73. The van der Waals surface area contributed by atoms with Gasteiger partial charge in [-0.15, -0.1) is 0 Å². The molecule has 2 aromatic heterocycles. The number of aromatic amines is 1. The van der Waals surface area contributed by atoms with Crippen molar-refractivity contribution < 1.29 is 14.3 Å². The smallest absolute Gasteiger partial charge is 0.309 e. The van der Waals surface area contributed by atoms with Crippen LogP contribution in [0.5, 0.6) is 0 Å². The van der Waals surface area contributed by atoms with Gasteiger partial charge in [-0.25, -0.2) is 0 Å². The topological polar surface area (TPSA) is 79.1 Å². The third kappa shape index (κ3) is 1.75. The largest absolute Gasteiger partial charge is 0.481 e. The Balaban J connectivity index is 2.04. The minimum atomic E-state index is -0.887. The van der Waals surface area contributed by atoms with E-state index in [-0.39, 0.29) is 6.42 Å². The van der Waals surface area contributed by atoms with Crippen molar-refractivity contribution in [3.63, 3.8) is 0 Å². The van der Waals surface area contributed by atoms with Gasteiger partial charge in [0.05, 0.1) is 12.1 Å². The minimum absolute atomic E-state index is 0.0667. The molecule has 0 amide bonds. The van der Waals surface area contributed by atoms with Gasteiger partial charge < -0.3 is 9.52 Å². The lowest BCUT2D eigenvalue weighted by Gasteiger charge is -1.90. The molecule has 2 heterocycles. The van der Waals surface area contributed by atoms with Crippen molar-refractivity contribution in [3.8, 4) is 11.3 Å². The van der Waals surface area contributed by atoms with Crippen molar-refractivity contribution in [2.75, 3.05) is 0 Å². The fourth-order valence-corrected chi connectivity index (χ4v) is 1.93. The SMILES string of the molecule is O=C(O)Cc1cc(-c2coc3ccccc23)n[nH]1. The number of rotatable bonds is 3. The number of benzene rings is 1. The van der Waals surface area contributed by atoms with Gasteiger partial charge in [-0.05, 0) is 12.1 Å². The van der Waals surface area contributed by atoms with Crippen molar-refractivity contribution in [1.82, 2.24) is 10.2 Å². The van der Waals surface area contributed by atoms with Crippen LogP contribution >= 0.6 is 0 Å². The molecule has 18 heavy (non-hydrogen) atoms. The highest BCUT2D eigenvalue weighted by atomic mass is 16.4. The van der Waals surface area contributed by atoms with E-state index in [0.717, 1.165) is 16.5 Å². The summed E-state index contributed by atoms with van der Waals surface area (Å²) in [6.07, 6.45) is 1.56. The van der Waals surface area contributed by atoms with Crippen LogP contribution in [0.3, 0.4) is 0 Å². The van der Waals surface area contributed by atoms with Crippen LogP contribution in [0.1, 0.15) is 5.69 Å². The molecule has 0 saturated heterocycles. The first-order valence-electron chi connectivity index (χ1n) is 5.47. The lowest BCUT2D eigenvalue weighted by Crippen LogP contribution is -1.99. The Kier molecular flexibility index (Phi) is 2.37. The Labute approximate surface area is 102 Å². The number of carboxylic acids is 1. The van der Waals surface area contributed by atoms with E-state index in [9.17, 15) is 4.79 Å². The second kappa shape index (κ2) is 4.03. The fraction of sp³-hybridized carbons (Fsp3) is 0.0769. The number of para-hydroxylation sites is 1. The molecule has 0 aliphatic heterocycles. The van der Waals surface area contributed by atoms with Crippen LogP contribution < -0.4 is 0 Å². The van der Waals surface area contributed by atoms with Crippen molar-refractivity contribution in [1.29, 1.82) is 0 Å². The van der Waals surface area contributed by atoms with E-state index >= 15 is 0 Å². The van der Waals surface area contributed by atoms with E-state index in [1.165, 1.54) is 0 Å². The zero-order chi connectivity index (χ0) is 12.5. The molecule has 0 aliphatic carbocycles. The van der Waals surface area contributed by atoms with Gasteiger partial charge >= 0.3 is 5.97 Å². The number of furan rings is 1. The molecule has 3 aromatic rings. The number of hydrogen-bond acceptors (Lipinski definition) is 3. The molecule has 3 rings (SSSR count). The number of carboxylic acid groups (broad SMARTS) is 1. The maximum Gasteiger partial charge on any atom is 0.309 e. The van der Waals surface area contributed by atoms with Crippen LogP contribution in [-0.4, -0.2) is 21.3 Å². The van der Waals surface area contributed by atoms with Gasteiger partial charge in [-0.3, -0.25) is 9.89 Å². The number of H-pyrrole nitrogens is 1. The number of aromatic nitrogens is 2. The molecule has 0 atom stereocenters. The standard InChI is InChI=1S/C13H10N2O3/c16-13(17)6-8-5-11(15-14-8)10-7-18-12-4-2-1-3-9(10)12/h1-5,7H,6H2,(H,14,15)(H,16,17). The Morgan fingerprint density at radius 3 is 3.06 bits per heavy atom. The molecule has 0 aliphatic rings.